The number of non-ortho nitro benzene ring substituents is 1. The predicted molar refractivity (Wildman–Crippen MR) is 123 cm³/mol. The number of thiazole rings is 1. The smallest absolute Gasteiger partial charge is 0.269 e. The minimum absolute atomic E-state index is 0.0648. The molecule has 0 atom stereocenters. The van der Waals surface area contributed by atoms with Gasteiger partial charge in [-0.25, -0.2) is 4.98 Å². The Balaban J connectivity index is 1.29. The number of hydrogen-bond donors (Lipinski definition) is 1. The molecule has 1 heterocycles. The first-order valence-corrected chi connectivity index (χ1v) is 10.3. The summed E-state index contributed by atoms with van der Waals surface area (Å²) in [6.07, 6.45) is 1.71. The number of nitrogens with zero attached hydrogens (tertiary/aromatic N) is 3. The fraction of sp³-hybridized carbons (Fsp3) is 0.0435. The molecule has 0 aliphatic carbocycles. The Labute approximate surface area is 182 Å². The van der Waals surface area contributed by atoms with E-state index in [0.29, 0.717) is 12.4 Å². The molecule has 8 heteroatoms. The Morgan fingerprint density at radius 1 is 1.03 bits per heavy atom. The number of benzene rings is 3. The van der Waals surface area contributed by atoms with E-state index in [9.17, 15) is 10.1 Å². The van der Waals surface area contributed by atoms with E-state index in [1.165, 1.54) is 23.5 Å². The van der Waals surface area contributed by atoms with Crippen molar-refractivity contribution in [3.05, 3.63) is 105 Å². The standard InChI is InChI=1S/C23H18N4O3S/c28-27(29)20-10-6-18(7-11-20)15-30-21-12-8-17(9-13-21)14-24-26-23-25-22(16-31-23)19-4-2-1-3-5-19/h1-14,16H,15H2,(H,25,26). The molecule has 0 aliphatic heterocycles. The minimum Gasteiger partial charge on any atom is -0.489 e. The van der Waals surface area contributed by atoms with Gasteiger partial charge in [-0.15, -0.1) is 11.3 Å². The molecule has 0 aliphatic rings. The van der Waals surface area contributed by atoms with Crippen LogP contribution in [0, 0.1) is 10.1 Å². The lowest BCUT2D eigenvalue weighted by atomic mass is 10.2. The Morgan fingerprint density at radius 2 is 1.77 bits per heavy atom. The van der Waals surface area contributed by atoms with E-state index >= 15 is 0 Å². The molecule has 7 nitrogen and oxygen atoms in total. The minimum atomic E-state index is -0.420. The molecule has 154 valence electrons. The van der Waals surface area contributed by atoms with Crippen LogP contribution in [-0.2, 0) is 6.61 Å². The summed E-state index contributed by atoms with van der Waals surface area (Å²) in [5.41, 5.74) is 6.78. The maximum atomic E-state index is 10.7. The van der Waals surface area contributed by atoms with E-state index < -0.39 is 4.92 Å². The summed E-state index contributed by atoms with van der Waals surface area (Å²) in [5.74, 6) is 0.705. The van der Waals surface area contributed by atoms with Crippen molar-refractivity contribution in [3.8, 4) is 17.0 Å². The maximum Gasteiger partial charge on any atom is 0.269 e. The number of anilines is 1. The zero-order valence-electron chi connectivity index (χ0n) is 16.3. The molecule has 31 heavy (non-hydrogen) atoms. The summed E-state index contributed by atoms with van der Waals surface area (Å²) in [5, 5.41) is 17.6. The lowest BCUT2D eigenvalue weighted by Gasteiger charge is -2.06. The topological polar surface area (TPSA) is 89.7 Å². The second kappa shape index (κ2) is 9.64. The molecule has 0 saturated carbocycles. The van der Waals surface area contributed by atoms with Gasteiger partial charge in [-0.2, -0.15) is 5.10 Å². The van der Waals surface area contributed by atoms with E-state index in [1.807, 2.05) is 60.0 Å². The molecule has 0 spiro atoms. The van der Waals surface area contributed by atoms with Crippen LogP contribution in [0.5, 0.6) is 5.75 Å². The van der Waals surface area contributed by atoms with E-state index in [2.05, 4.69) is 15.5 Å². The van der Waals surface area contributed by atoms with Crippen LogP contribution < -0.4 is 10.2 Å². The molecule has 0 bridgehead atoms. The van der Waals surface area contributed by atoms with Crippen LogP contribution in [0.1, 0.15) is 11.1 Å². The van der Waals surface area contributed by atoms with Crippen LogP contribution in [0.15, 0.2) is 89.3 Å². The first-order valence-electron chi connectivity index (χ1n) is 9.43. The molecule has 4 aromatic rings. The van der Waals surface area contributed by atoms with Gasteiger partial charge in [-0.1, -0.05) is 30.3 Å². The third-order valence-corrected chi connectivity index (χ3v) is 5.13. The highest BCUT2D eigenvalue weighted by molar-refractivity contribution is 7.14. The van der Waals surface area contributed by atoms with Crippen molar-refractivity contribution in [1.29, 1.82) is 0 Å². The van der Waals surface area contributed by atoms with Gasteiger partial charge in [0.1, 0.15) is 12.4 Å². The molecule has 0 saturated heterocycles. The van der Waals surface area contributed by atoms with Gasteiger partial charge in [0.05, 0.1) is 16.8 Å². The molecule has 0 radical (unpaired) electrons. The quantitative estimate of drug-likeness (QED) is 0.219. The fourth-order valence-electron chi connectivity index (χ4n) is 2.76. The van der Waals surface area contributed by atoms with Crippen LogP contribution >= 0.6 is 11.3 Å². The van der Waals surface area contributed by atoms with Crippen molar-refractivity contribution < 1.29 is 9.66 Å². The van der Waals surface area contributed by atoms with Crippen molar-refractivity contribution in [2.24, 2.45) is 5.10 Å². The summed E-state index contributed by atoms with van der Waals surface area (Å²) in [4.78, 5) is 14.8. The van der Waals surface area contributed by atoms with Gasteiger partial charge in [0.2, 0.25) is 5.13 Å². The average molecular weight is 430 g/mol. The summed E-state index contributed by atoms with van der Waals surface area (Å²) in [6, 6.07) is 23.8. The highest BCUT2D eigenvalue weighted by Gasteiger charge is 2.05. The molecule has 1 N–H and O–H groups in total. The molecule has 1 aromatic heterocycles. The second-order valence-corrected chi connectivity index (χ2v) is 7.41. The number of nitrogens with one attached hydrogen (secondary N) is 1. The first kappa shape index (κ1) is 20.2. The van der Waals surface area contributed by atoms with Crippen LogP contribution in [-0.4, -0.2) is 16.1 Å². The lowest BCUT2D eigenvalue weighted by molar-refractivity contribution is -0.384. The maximum absolute atomic E-state index is 10.7. The van der Waals surface area contributed by atoms with Gasteiger partial charge in [0, 0.05) is 23.1 Å². The van der Waals surface area contributed by atoms with Crippen molar-refractivity contribution in [2.45, 2.75) is 6.61 Å². The van der Waals surface area contributed by atoms with E-state index in [0.717, 1.165) is 27.5 Å². The van der Waals surface area contributed by atoms with Crippen LogP contribution in [0.25, 0.3) is 11.3 Å². The summed E-state index contributed by atoms with van der Waals surface area (Å²) >= 11 is 1.50. The largest absolute Gasteiger partial charge is 0.489 e. The number of nitro groups is 1. The normalized spacial score (nSPS) is 10.8. The average Bonchev–Trinajstić information content (AvgIpc) is 3.28. The molecule has 4 rings (SSSR count). The van der Waals surface area contributed by atoms with Gasteiger partial charge in [0.25, 0.3) is 5.69 Å². The van der Waals surface area contributed by atoms with Crippen molar-refractivity contribution >= 4 is 28.4 Å². The molecule has 0 fully saturated rings. The van der Waals surface area contributed by atoms with Gasteiger partial charge >= 0.3 is 0 Å². The summed E-state index contributed by atoms with van der Waals surface area (Å²) in [6.45, 7) is 0.334. The SMILES string of the molecule is O=[N+]([O-])c1ccc(COc2ccc(C=NNc3nc(-c4ccccc4)cs3)cc2)cc1. The monoisotopic (exact) mass is 430 g/mol. The third kappa shape index (κ3) is 5.52. The van der Waals surface area contributed by atoms with Gasteiger partial charge in [0.15, 0.2) is 0 Å². The summed E-state index contributed by atoms with van der Waals surface area (Å²) in [7, 11) is 0. The number of aromatic nitrogens is 1. The number of hydrazone groups is 1. The van der Waals surface area contributed by atoms with E-state index in [4.69, 9.17) is 4.74 Å². The summed E-state index contributed by atoms with van der Waals surface area (Å²) < 4.78 is 5.73. The Bertz CT molecular complexity index is 1170. The first-order chi connectivity index (χ1) is 15.2. The van der Waals surface area contributed by atoms with Gasteiger partial charge in [-0.05, 0) is 47.5 Å². The number of hydrogen-bond acceptors (Lipinski definition) is 7. The fourth-order valence-corrected chi connectivity index (χ4v) is 3.43. The third-order valence-electron chi connectivity index (χ3n) is 4.38. The molecular formula is C23H18N4O3S. The Kier molecular flexibility index (Phi) is 6.29. The van der Waals surface area contributed by atoms with E-state index in [-0.39, 0.29) is 5.69 Å². The van der Waals surface area contributed by atoms with Gasteiger partial charge in [-0.3, -0.25) is 15.5 Å². The van der Waals surface area contributed by atoms with Crippen molar-refractivity contribution in [3.63, 3.8) is 0 Å². The number of nitro benzene ring substituents is 1. The lowest BCUT2D eigenvalue weighted by Crippen LogP contribution is -1.96. The van der Waals surface area contributed by atoms with Gasteiger partial charge < -0.3 is 4.74 Å². The zero-order valence-corrected chi connectivity index (χ0v) is 17.2. The number of rotatable bonds is 8. The second-order valence-electron chi connectivity index (χ2n) is 6.56. The van der Waals surface area contributed by atoms with Crippen molar-refractivity contribution in [2.75, 3.05) is 5.43 Å². The van der Waals surface area contributed by atoms with Crippen LogP contribution in [0.4, 0.5) is 10.8 Å². The Hall–Kier alpha value is -4.04. The van der Waals surface area contributed by atoms with Crippen LogP contribution in [0.3, 0.4) is 0 Å². The predicted octanol–water partition coefficient (Wildman–Crippen LogP) is 5.74. The van der Waals surface area contributed by atoms with Crippen LogP contribution in [0.2, 0.25) is 0 Å². The highest BCUT2D eigenvalue weighted by Crippen LogP contribution is 2.24. The molecule has 0 unspecified atom stereocenters. The van der Waals surface area contributed by atoms with Crippen molar-refractivity contribution in [1.82, 2.24) is 4.98 Å². The molecular weight excluding hydrogens is 412 g/mol. The molecule has 0 amide bonds. The zero-order chi connectivity index (χ0) is 21.5. The van der Waals surface area contributed by atoms with E-state index in [1.54, 1.807) is 18.3 Å². The molecule has 3 aromatic carbocycles. The Morgan fingerprint density at radius 3 is 2.48 bits per heavy atom. The number of ether oxygens (including phenoxy) is 1. The highest BCUT2D eigenvalue weighted by atomic mass is 32.1.